The molecule has 2 unspecified atom stereocenters. The van der Waals surface area contributed by atoms with E-state index in [9.17, 15) is 39.0 Å². The summed E-state index contributed by atoms with van der Waals surface area (Å²) in [5.74, 6) is -1.93. The molecular formula is C49H64BrN3O11. The van der Waals surface area contributed by atoms with Gasteiger partial charge in [0.15, 0.2) is 23.5 Å². The van der Waals surface area contributed by atoms with Crippen LogP contribution in [0.25, 0.3) is 0 Å². The standard InChI is InChI=1S/C49H64BrN3O11/c1-45(2,3)63-41(60)14-13-34(52-40(59)25-51-39(58)24-50)43(61)53-36-21-30(48(36)16-6-17-48)19-27-7-9-28(10-8-27)44-62-38-22-33-32-12-11-29-20-31(55)15-18-46(29,4)42(32)35(56)23-47(33,5)49(38,64-44)37(57)26-54/h7-10,15,18,20,30,32-36,38,42,44,54,56H,6,11-14,16-17,19,21-26H2,1-5H3,(H,51,58)(H,52,59)(H,53,61)/t30?,32-,33-,34-,35-,36?,38+,42+,44+,46-,47-,49+/m0/s1. The number of carbonyl (C=O) groups excluding carboxylic acids is 6. The third kappa shape index (κ3) is 8.13. The molecule has 8 rings (SSSR count). The van der Waals surface area contributed by atoms with Crippen molar-refractivity contribution in [1.82, 2.24) is 16.0 Å². The van der Waals surface area contributed by atoms with Crippen LogP contribution < -0.4 is 16.0 Å². The van der Waals surface area contributed by atoms with Crippen LogP contribution in [0, 0.1) is 39.9 Å². The Bertz CT molecular complexity index is 2110. The van der Waals surface area contributed by atoms with Gasteiger partial charge < -0.3 is 40.4 Å². The number of esters is 1. The van der Waals surface area contributed by atoms with Gasteiger partial charge in [-0.2, -0.15) is 0 Å². The van der Waals surface area contributed by atoms with Gasteiger partial charge in [-0.3, -0.25) is 28.8 Å². The Labute approximate surface area is 383 Å². The molecule has 12 atom stereocenters. The van der Waals surface area contributed by atoms with E-state index in [-0.39, 0.29) is 71.5 Å². The van der Waals surface area contributed by atoms with Crippen LogP contribution in [0.15, 0.2) is 48.1 Å². The van der Waals surface area contributed by atoms with Crippen molar-refractivity contribution in [2.75, 3.05) is 18.5 Å². The fourth-order valence-corrected chi connectivity index (χ4v) is 13.5. The molecule has 0 bridgehead atoms. The van der Waals surface area contributed by atoms with E-state index in [2.05, 4.69) is 50.9 Å². The summed E-state index contributed by atoms with van der Waals surface area (Å²) in [4.78, 5) is 77.2. The van der Waals surface area contributed by atoms with E-state index >= 15 is 0 Å². The number of halogens is 1. The van der Waals surface area contributed by atoms with Crippen molar-refractivity contribution in [1.29, 1.82) is 0 Å². The van der Waals surface area contributed by atoms with E-state index < -0.39 is 70.8 Å². The van der Waals surface area contributed by atoms with Crippen molar-refractivity contribution in [3.05, 3.63) is 59.2 Å². The van der Waals surface area contributed by atoms with E-state index in [1.54, 1.807) is 32.9 Å². The zero-order valence-electron chi connectivity index (χ0n) is 37.6. The van der Waals surface area contributed by atoms with Crippen molar-refractivity contribution in [2.45, 2.75) is 147 Å². The fraction of sp³-hybridized carbons (Fsp3) is 0.673. The number of aliphatic hydroxyl groups excluding tert-OH is 2. The lowest BCUT2D eigenvalue weighted by atomic mass is 9.46. The van der Waals surface area contributed by atoms with Gasteiger partial charge in [0, 0.05) is 34.8 Å². The number of alkyl halides is 1. The van der Waals surface area contributed by atoms with E-state index in [1.165, 1.54) is 0 Å². The Morgan fingerprint density at radius 1 is 1.05 bits per heavy atom. The minimum Gasteiger partial charge on any atom is -0.460 e. The number of hydrogen-bond acceptors (Lipinski definition) is 11. The van der Waals surface area contributed by atoms with Crippen LogP contribution in [0.1, 0.15) is 116 Å². The number of carbonyl (C=O) groups is 6. The molecule has 0 radical (unpaired) electrons. The van der Waals surface area contributed by atoms with Gasteiger partial charge in [0.25, 0.3) is 0 Å². The summed E-state index contributed by atoms with van der Waals surface area (Å²) in [5, 5.41) is 30.8. The minimum atomic E-state index is -1.43. The summed E-state index contributed by atoms with van der Waals surface area (Å²) < 4.78 is 18.9. The maximum absolute atomic E-state index is 14.0. The van der Waals surface area contributed by atoms with Gasteiger partial charge in [-0.1, -0.05) is 72.1 Å². The lowest BCUT2D eigenvalue weighted by molar-refractivity contribution is -0.201. The molecule has 5 N–H and O–H groups in total. The van der Waals surface area contributed by atoms with Crippen LogP contribution in [-0.2, 0) is 49.4 Å². The molecule has 1 heterocycles. The summed E-state index contributed by atoms with van der Waals surface area (Å²) in [5.41, 5.74) is -0.525. The predicted octanol–water partition coefficient (Wildman–Crippen LogP) is 4.62. The Morgan fingerprint density at radius 2 is 1.78 bits per heavy atom. The predicted molar refractivity (Wildman–Crippen MR) is 237 cm³/mol. The average Bonchev–Trinajstić information content (AvgIpc) is 3.72. The van der Waals surface area contributed by atoms with Crippen molar-refractivity contribution in [3.63, 3.8) is 0 Å². The average molecular weight is 951 g/mol. The summed E-state index contributed by atoms with van der Waals surface area (Å²) in [6.07, 6.45) is 10.0. The zero-order valence-corrected chi connectivity index (χ0v) is 39.2. The number of ether oxygens (including phenoxy) is 3. The molecule has 5 saturated carbocycles. The molecule has 7 aliphatic rings. The molecule has 3 amide bonds. The number of fused-ring (bicyclic) bond motifs is 7. The Morgan fingerprint density at radius 3 is 2.44 bits per heavy atom. The molecule has 15 heteroatoms. The lowest BCUT2D eigenvalue weighted by Gasteiger charge is -2.62. The SMILES string of the molecule is CC(C)(C)OC(=O)CC[C@H](NC(=O)CNC(=O)CBr)C(=O)NC1CC(Cc2ccc([C@@H]3O[C@@H]4C[C@H]5[C@@H]6CCC7=CC(=O)C=C[C@]7(C)[C@H]6[C@@H](O)C[C@]5(C)[C@]4(C(=O)CO)O3)cc2)C12CCC2. The van der Waals surface area contributed by atoms with Crippen molar-refractivity contribution in [3.8, 4) is 0 Å². The molecule has 14 nitrogen and oxygen atoms in total. The second-order valence-corrected chi connectivity index (χ2v) is 21.6. The second-order valence-electron chi connectivity index (χ2n) is 21.0. The summed E-state index contributed by atoms with van der Waals surface area (Å²) >= 11 is 3.06. The maximum atomic E-state index is 14.0. The zero-order chi connectivity index (χ0) is 46.0. The Balaban J connectivity index is 0.916. The maximum Gasteiger partial charge on any atom is 0.306 e. The minimum absolute atomic E-state index is 0.00387. The van der Waals surface area contributed by atoms with Gasteiger partial charge in [-0.05, 0) is 119 Å². The number of hydrogen-bond donors (Lipinski definition) is 5. The molecule has 6 fully saturated rings. The van der Waals surface area contributed by atoms with E-state index in [0.717, 1.165) is 61.6 Å². The Hall–Kier alpha value is -3.76. The molecule has 1 saturated heterocycles. The highest BCUT2D eigenvalue weighted by Gasteiger charge is 2.76. The third-order valence-corrected chi connectivity index (χ3v) is 16.9. The molecule has 348 valence electrons. The van der Waals surface area contributed by atoms with Gasteiger partial charge in [-0.25, -0.2) is 0 Å². The first-order valence-corrected chi connectivity index (χ1v) is 24.2. The van der Waals surface area contributed by atoms with Crippen molar-refractivity contribution in [2.24, 2.45) is 39.9 Å². The number of Topliss-reactive ketones (excluding diaryl/α,β-unsaturated/α-hetero) is 1. The third-order valence-electron chi connectivity index (χ3n) is 16.4. The Kier molecular flexibility index (Phi) is 12.8. The molecule has 1 aromatic rings. The highest BCUT2D eigenvalue weighted by Crippen LogP contribution is 2.70. The number of allylic oxidation sites excluding steroid dienone is 4. The van der Waals surface area contributed by atoms with Crippen LogP contribution in [0.3, 0.4) is 0 Å². The summed E-state index contributed by atoms with van der Waals surface area (Å²) in [7, 11) is 0. The fourth-order valence-electron chi connectivity index (χ4n) is 13.3. The molecule has 1 aliphatic heterocycles. The monoisotopic (exact) mass is 949 g/mol. The number of nitrogens with one attached hydrogen (secondary N) is 3. The molecule has 6 aliphatic carbocycles. The van der Waals surface area contributed by atoms with E-state index in [1.807, 2.05) is 25.1 Å². The van der Waals surface area contributed by atoms with Crippen molar-refractivity contribution < 1.29 is 53.2 Å². The van der Waals surface area contributed by atoms with Gasteiger partial charge in [0.2, 0.25) is 17.7 Å². The summed E-state index contributed by atoms with van der Waals surface area (Å²) in [6.45, 7) is 8.44. The molecular weight excluding hydrogens is 886 g/mol. The van der Waals surface area contributed by atoms with Crippen LogP contribution in [-0.4, -0.2) is 99.4 Å². The van der Waals surface area contributed by atoms with Gasteiger partial charge in [-0.15, -0.1) is 0 Å². The van der Waals surface area contributed by atoms with Crippen LogP contribution in [0.5, 0.6) is 0 Å². The lowest BCUT2D eigenvalue weighted by Crippen LogP contribution is -2.66. The summed E-state index contributed by atoms with van der Waals surface area (Å²) in [6, 6.07) is 6.97. The number of ketones is 2. The number of amides is 3. The normalized spacial score (nSPS) is 35.9. The van der Waals surface area contributed by atoms with Gasteiger partial charge >= 0.3 is 5.97 Å². The van der Waals surface area contributed by atoms with Crippen molar-refractivity contribution >= 4 is 51.2 Å². The van der Waals surface area contributed by atoms with Crippen LogP contribution >= 0.6 is 15.9 Å². The number of aliphatic hydroxyl groups is 2. The molecule has 1 aromatic carbocycles. The second kappa shape index (κ2) is 17.5. The van der Waals surface area contributed by atoms with Crippen LogP contribution in [0.4, 0.5) is 0 Å². The highest BCUT2D eigenvalue weighted by molar-refractivity contribution is 9.09. The first kappa shape index (κ1) is 46.8. The highest BCUT2D eigenvalue weighted by atomic mass is 79.9. The largest absolute Gasteiger partial charge is 0.460 e. The molecule has 0 aromatic heterocycles. The van der Waals surface area contributed by atoms with Gasteiger partial charge in [0.05, 0.1) is 24.1 Å². The molecule has 64 heavy (non-hydrogen) atoms. The number of benzene rings is 1. The smallest absolute Gasteiger partial charge is 0.306 e. The van der Waals surface area contributed by atoms with Crippen LogP contribution in [0.2, 0.25) is 0 Å². The van der Waals surface area contributed by atoms with E-state index in [4.69, 9.17) is 14.2 Å². The quantitative estimate of drug-likeness (QED) is 0.129. The molecule has 1 spiro atoms. The topological polar surface area (TPSA) is 207 Å². The first-order chi connectivity index (χ1) is 30.3. The van der Waals surface area contributed by atoms with Gasteiger partial charge in [0.1, 0.15) is 18.2 Å². The first-order valence-electron chi connectivity index (χ1n) is 23.1. The van der Waals surface area contributed by atoms with E-state index in [0.29, 0.717) is 18.8 Å². The number of rotatable bonds is 14.